The number of halogens is 1. The summed E-state index contributed by atoms with van der Waals surface area (Å²) in [5.74, 6) is -0.419. The predicted molar refractivity (Wildman–Crippen MR) is 123 cm³/mol. The molecule has 4 rings (SSSR count). The van der Waals surface area contributed by atoms with Crippen molar-refractivity contribution >= 4 is 28.8 Å². The average Bonchev–Trinajstić information content (AvgIpc) is 3.32. The van der Waals surface area contributed by atoms with E-state index in [1.165, 1.54) is 6.07 Å². The fourth-order valence-electron chi connectivity index (χ4n) is 2.87. The number of benzene rings is 3. The lowest BCUT2D eigenvalue weighted by molar-refractivity contribution is 0.0950. The van der Waals surface area contributed by atoms with E-state index in [0.29, 0.717) is 27.6 Å². The monoisotopic (exact) mass is 462 g/mol. The van der Waals surface area contributed by atoms with Crippen molar-refractivity contribution in [2.75, 3.05) is 5.32 Å². The Labute approximate surface area is 193 Å². The van der Waals surface area contributed by atoms with Crippen LogP contribution in [0.1, 0.15) is 30.7 Å². The van der Waals surface area contributed by atoms with E-state index in [-0.39, 0.29) is 29.9 Å². The second-order valence-corrected chi connectivity index (χ2v) is 7.97. The number of carbonyl (C=O) groups is 2. The number of ether oxygens (including phenoxy) is 1. The highest BCUT2D eigenvalue weighted by Crippen LogP contribution is 2.17. The maximum absolute atomic E-state index is 13.7. The fourth-order valence-corrected chi connectivity index (χ4v) is 3.52. The highest BCUT2D eigenvalue weighted by molar-refractivity contribution is 7.13. The zero-order valence-electron chi connectivity index (χ0n) is 17.3. The van der Waals surface area contributed by atoms with E-state index in [1.807, 2.05) is 30.3 Å². The molecule has 7 nitrogen and oxygen atoms in total. The van der Waals surface area contributed by atoms with E-state index in [1.54, 1.807) is 42.5 Å². The zero-order valence-corrected chi connectivity index (χ0v) is 18.1. The van der Waals surface area contributed by atoms with Gasteiger partial charge in [0.15, 0.2) is 5.01 Å². The molecule has 1 heterocycles. The molecule has 0 saturated carbocycles. The number of anilines is 1. The molecule has 4 aromatic rings. The van der Waals surface area contributed by atoms with Crippen molar-refractivity contribution < 1.29 is 18.7 Å². The fraction of sp³-hybridized carbons (Fsp3) is 0.0833. The molecule has 2 N–H and O–H groups in total. The second kappa shape index (κ2) is 10.5. The molecular formula is C24H19FN4O3S. The van der Waals surface area contributed by atoms with E-state index in [0.717, 1.165) is 11.3 Å². The molecule has 0 unspecified atom stereocenters. The molecule has 3 aromatic carbocycles. The number of nitrogens with zero attached hydrogens (tertiary/aromatic N) is 2. The lowest BCUT2D eigenvalue weighted by Crippen LogP contribution is -2.23. The maximum atomic E-state index is 13.7. The van der Waals surface area contributed by atoms with Gasteiger partial charge in [0.25, 0.3) is 11.8 Å². The summed E-state index contributed by atoms with van der Waals surface area (Å²) in [5.41, 5.74) is 1.30. The molecule has 2 amide bonds. The number of aromatic nitrogens is 2. The minimum absolute atomic E-state index is 0.0807. The quantitative estimate of drug-likeness (QED) is 0.404. The topological polar surface area (TPSA) is 93.2 Å². The van der Waals surface area contributed by atoms with Crippen LogP contribution in [0.5, 0.6) is 5.75 Å². The normalized spacial score (nSPS) is 10.5. The van der Waals surface area contributed by atoms with Crippen LogP contribution in [-0.2, 0) is 13.2 Å². The molecule has 0 atom stereocenters. The zero-order chi connectivity index (χ0) is 23.0. The summed E-state index contributed by atoms with van der Waals surface area (Å²) < 4.78 is 19.3. The van der Waals surface area contributed by atoms with Crippen molar-refractivity contribution in [2.24, 2.45) is 0 Å². The summed E-state index contributed by atoms with van der Waals surface area (Å²) in [4.78, 5) is 24.8. The number of para-hydroxylation sites is 1. The van der Waals surface area contributed by atoms with Crippen LogP contribution in [0.4, 0.5) is 10.1 Å². The lowest BCUT2D eigenvalue weighted by Gasteiger charge is -2.07. The number of hydrogen-bond donors (Lipinski definition) is 2. The molecule has 0 bridgehead atoms. The van der Waals surface area contributed by atoms with Gasteiger partial charge < -0.3 is 15.4 Å². The first-order valence-electron chi connectivity index (χ1n) is 10.0. The van der Waals surface area contributed by atoms with Crippen molar-refractivity contribution in [1.29, 1.82) is 0 Å². The molecule has 0 aliphatic heterocycles. The van der Waals surface area contributed by atoms with Crippen molar-refractivity contribution in [3.63, 3.8) is 0 Å². The second-order valence-electron chi connectivity index (χ2n) is 6.91. The number of nitrogens with one attached hydrogen (secondary N) is 2. The van der Waals surface area contributed by atoms with Crippen LogP contribution in [0, 0.1) is 5.82 Å². The van der Waals surface area contributed by atoms with E-state index in [4.69, 9.17) is 4.74 Å². The molecule has 1 aromatic heterocycles. The molecule has 0 saturated heterocycles. The van der Waals surface area contributed by atoms with Crippen LogP contribution in [-0.4, -0.2) is 22.0 Å². The molecule has 0 aliphatic carbocycles. The molecule has 0 spiro atoms. The third-order valence-corrected chi connectivity index (χ3v) is 5.46. The van der Waals surface area contributed by atoms with Gasteiger partial charge in [-0.05, 0) is 42.5 Å². The van der Waals surface area contributed by atoms with Crippen LogP contribution >= 0.6 is 11.3 Å². The Morgan fingerprint density at radius 3 is 2.36 bits per heavy atom. The lowest BCUT2D eigenvalue weighted by atomic mass is 10.1. The van der Waals surface area contributed by atoms with Gasteiger partial charge in [0.2, 0.25) is 5.01 Å². The van der Waals surface area contributed by atoms with Gasteiger partial charge in [-0.25, -0.2) is 4.39 Å². The molecule has 0 aliphatic rings. The van der Waals surface area contributed by atoms with Crippen molar-refractivity contribution in [3.05, 3.63) is 106 Å². The first-order valence-corrected chi connectivity index (χ1v) is 10.8. The first kappa shape index (κ1) is 22.1. The van der Waals surface area contributed by atoms with Crippen molar-refractivity contribution in [1.82, 2.24) is 15.5 Å². The summed E-state index contributed by atoms with van der Waals surface area (Å²) in [6.07, 6.45) is 0. The standard InChI is InChI=1S/C24H19FN4O3S/c25-20-9-5-4-6-17(20)14-26-22(30)16-10-12-18(13-11-16)27-23(31)24-29-28-21(33-24)15-32-19-7-2-1-3-8-19/h1-13H,14-15H2,(H,26,30)(H,27,31). The summed E-state index contributed by atoms with van der Waals surface area (Å²) in [6.45, 7) is 0.295. The molecule has 33 heavy (non-hydrogen) atoms. The van der Waals surface area contributed by atoms with Gasteiger partial charge in [-0.1, -0.05) is 47.7 Å². The summed E-state index contributed by atoms with van der Waals surface area (Å²) in [6, 6.07) is 21.9. The van der Waals surface area contributed by atoms with Crippen LogP contribution in [0.15, 0.2) is 78.9 Å². The maximum Gasteiger partial charge on any atom is 0.286 e. The van der Waals surface area contributed by atoms with Gasteiger partial charge in [0.05, 0.1) is 0 Å². The third-order valence-electron chi connectivity index (χ3n) is 4.57. The number of amides is 2. The Balaban J connectivity index is 1.29. The Kier molecular flexibility index (Phi) is 7.01. The van der Waals surface area contributed by atoms with Gasteiger partial charge >= 0.3 is 0 Å². The minimum Gasteiger partial charge on any atom is -0.486 e. The van der Waals surface area contributed by atoms with Crippen LogP contribution in [0.25, 0.3) is 0 Å². The predicted octanol–water partition coefficient (Wildman–Crippen LogP) is 4.44. The largest absolute Gasteiger partial charge is 0.486 e. The Hall–Kier alpha value is -4.11. The van der Waals surface area contributed by atoms with E-state index in [9.17, 15) is 14.0 Å². The highest BCUT2D eigenvalue weighted by atomic mass is 32.1. The Morgan fingerprint density at radius 2 is 1.61 bits per heavy atom. The SMILES string of the molecule is O=C(NCc1ccccc1F)c1ccc(NC(=O)c2nnc(COc3ccccc3)s2)cc1. The van der Waals surface area contributed by atoms with Gasteiger partial charge in [0, 0.05) is 23.4 Å². The number of carbonyl (C=O) groups excluding carboxylic acids is 2. The third kappa shape index (κ3) is 5.98. The van der Waals surface area contributed by atoms with Crippen LogP contribution < -0.4 is 15.4 Å². The van der Waals surface area contributed by atoms with Crippen LogP contribution in [0.3, 0.4) is 0 Å². The van der Waals surface area contributed by atoms with E-state index >= 15 is 0 Å². The van der Waals surface area contributed by atoms with Crippen LogP contribution in [0.2, 0.25) is 0 Å². The molecule has 0 fully saturated rings. The summed E-state index contributed by atoms with van der Waals surface area (Å²) in [5, 5.41) is 14.1. The highest BCUT2D eigenvalue weighted by Gasteiger charge is 2.14. The van der Waals surface area contributed by atoms with Gasteiger partial charge in [-0.15, -0.1) is 10.2 Å². The van der Waals surface area contributed by atoms with E-state index < -0.39 is 5.91 Å². The van der Waals surface area contributed by atoms with Crippen molar-refractivity contribution in [3.8, 4) is 5.75 Å². The minimum atomic E-state index is -0.407. The first-order chi connectivity index (χ1) is 16.1. The van der Waals surface area contributed by atoms with Gasteiger partial charge in [0.1, 0.15) is 18.2 Å². The Morgan fingerprint density at radius 1 is 0.879 bits per heavy atom. The average molecular weight is 463 g/mol. The van der Waals surface area contributed by atoms with E-state index in [2.05, 4.69) is 20.8 Å². The Bertz CT molecular complexity index is 1250. The smallest absolute Gasteiger partial charge is 0.286 e. The number of hydrogen-bond acceptors (Lipinski definition) is 6. The van der Waals surface area contributed by atoms with Crippen molar-refractivity contribution in [2.45, 2.75) is 13.2 Å². The van der Waals surface area contributed by atoms with Gasteiger partial charge in [-0.2, -0.15) is 0 Å². The molecular weight excluding hydrogens is 443 g/mol. The number of rotatable bonds is 8. The molecule has 166 valence electrons. The summed E-state index contributed by atoms with van der Waals surface area (Å²) in [7, 11) is 0. The summed E-state index contributed by atoms with van der Waals surface area (Å²) >= 11 is 1.14. The molecule has 9 heteroatoms. The van der Waals surface area contributed by atoms with Gasteiger partial charge in [-0.3, -0.25) is 9.59 Å². The molecule has 0 radical (unpaired) electrons.